The third kappa shape index (κ3) is 5.34. The molecule has 4 rings (SSSR count). The summed E-state index contributed by atoms with van der Waals surface area (Å²) in [6.45, 7) is 4.08. The number of H-pyrrole nitrogens is 1. The highest BCUT2D eigenvalue weighted by Gasteiger charge is 2.35. The fourth-order valence-corrected chi connectivity index (χ4v) is 3.75. The van der Waals surface area contributed by atoms with Crippen molar-refractivity contribution in [3.8, 4) is 0 Å². The number of benzene rings is 2. The Bertz CT molecular complexity index is 1330. The van der Waals surface area contributed by atoms with Gasteiger partial charge < -0.3 is 16.0 Å². The lowest BCUT2D eigenvalue weighted by atomic mass is 9.92. The highest BCUT2D eigenvalue weighted by molar-refractivity contribution is 6.04. The average molecular weight is 485 g/mol. The number of nitrogens with one attached hydrogen (secondary N) is 4. The van der Waals surface area contributed by atoms with Gasteiger partial charge in [-0.25, -0.2) is 0 Å². The summed E-state index contributed by atoms with van der Waals surface area (Å²) in [5, 5.41) is 7.78. The molecule has 182 valence electrons. The van der Waals surface area contributed by atoms with Gasteiger partial charge in [0.05, 0.1) is 17.0 Å². The summed E-state index contributed by atoms with van der Waals surface area (Å²) in [5.41, 5.74) is 0.0275. The first-order valence-corrected chi connectivity index (χ1v) is 10.8. The van der Waals surface area contributed by atoms with Crippen LogP contribution in [0.15, 0.2) is 53.3 Å². The lowest BCUT2D eigenvalue weighted by Gasteiger charge is -2.23. The van der Waals surface area contributed by atoms with Gasteiger partial charge in [0.2, 0.25) is 17.8 Å². The first kappa shape index (κ1) is 24.0. The number of fused-ring (bicyclic) bond motifs is 1. The van der Waals surface area contributed by atoms with Gasteiger partial charge in [-0.15, -0.1) is 0 Å². The van der Waals surface area contributed by atoms with Crippen molar-refractivity contribution in [1.82, 2.24) is 9.97 Å². The van der Waals surface area contributed by atoms with Gasteiger partial charge in [0.25, 0.3) is 5.56 Å². The van der Waals surface area contributed by atoms with E-state index in [1.165, 1.54) is 12.1 Å². The van der Waals surface area contributed by atoms with Crippen LogP contribution in [0.25, 0.3) is 0 Å². The van der Waals surface area contributed by atoms with E-state index in [1.807, 2.05) is 26.0 Å². The number of alkyl halides is 3. The van der Waals surface area contributed by atoms with Gasteiger partial charge in [0.15, 0.2) is 0 Å². The molecule has 0 spiro atoms. The molecule has 0 unspecified atom stereocenters. The van der Waals surface area contributed by atoms with E-state index in [1.54, 1.807) is 12.1 Å². The second kappa shape index (κ2) is 9.24. The van der Waals surface area contributed by atoms with Crippen LogP contribution in [-0.2, 0) is 15.8 Å². The number of amides is 2. The SMILES string of the molecule is CC(C)c1ccc(NC(=O)[C@@H]2CC(=O)Nc3nc(Nc4cccc(C(F)(F)F)c4)[nH]c(=O)c32)cc1. The van der Waals surface area contributed by atoms with Crippen LogP contribution in [0.1, 0.15) is 48.8 Å². The van der Waals surface area contributed by atoms with Crippen LogP contribution in [0.2, 0.25) is 0 Å². The molecule has 1 aliphatic heterocycles. The average Bonchev–Trinajstić information content (AvgIpc) is 2.78. The van der Waals surface area contributed by atoms with Gasteiger partial charge in [-0.05, 0) is 41.8 Å². The molecule has 1 aromatic heterocycles. The Kier molecular flexibility index (Phi) is 6.33. The van der Waals surface area contributed by atoms with E-state index >= 15 is 0 Å². The molecule has 2 amide bonds. The Balaban J connectivity index is 1.59. The summed E-state index contributed by atoms with van der Waals surface area (Å²) in [6.07, 6.45) is -4.80. The Morgan fingerprint density at radius 1 is 1.09 bits per heavy atom. The zero-order chi connectivity index (χ0) is 25.3. The molecule has 8 nitrogen and oxygen atoms in total. The molecule has 0 aliphatic carbocycles. The van der Waals surface area contributed by atoms with Crippen molar-refractivity contribution in [2.24, 2.45) is 0 Å². The van der Waals surface area contributed by atoms with Crippen LogP contribution >= 0.6 is 0 Å². The molecule has 0 bridgehead atoms. The van der Waals surface area contributed by atoms with Crippen molar-refractivity contribution in [1.29, 1.82) is 0 Å². The van der Waals surface area contributed by atoms with Gasteiger partial charge in [-0.3, -0.25) is 19.4 Å². The van der Waals surface area contributed by atoms with Crippen molar-refractivity contribution < 1.29 is 22.8 Å². The fourth-order valence-electron chi connectivity index (χ4n) is 3.75. The number of hydrogen-bond acceptors (Lipinski definition) is 5. The molecular formula is C24H22F3N5O3. The number of carbonyl (C=O) groups is 2. The standard InChI is InChI=1S/C24H22F3N5O3/c1-12(2)13-6-8-15(9-7-13)28-21(34)17-11-18(33)30-20-19(17)22(35)32-23(31-20)29-16-5-3-4-14(10-16)24(25,26)27/h3-10,12,17H,11H2,1-2H3,(H,28,34)(H3,29,30,31,32,33,35)/t17-/m1/s1. The number of carbonyl (C=O) groups excluding carboxylic acids is 2. The molecule has 4 N–H and O–H groups in total. The highest BCUT2D eigenvalue weighted by atomic mass is 19.4. The minimum atomic E-state index is -4.54. The number of aromatic nitrogens is 2. The Morgan fingerprint density at radius 2 is 1.80 bits per heavy atom. The van der Waals surface area contributed by atoms with Crippen molar-refractivity contribution in [2.45, 2.75) is 38.3 Å². The smallest absolute Gasteiger partial charge is 0.326 e. The van der Waals surface area contributed by atoms with Crippen molar-refractivity contribution >= 4 is 35.0 Å². The zero-order valence-corrected chi connectivity index (χ0v) is 18.8. The summed E-state index contributed by atoms with van der Waals surface area (Å²) in [7, 11) is 0. The molecule has 3 aromatic rings. The molecular weight excluding hydrogens is 463 g/mol. The van der Waals surface area contributed by atoms with E-state index < -0.39 is 35.0 Å². The predicted octanol–water partition coefficient (Wildman–Crippen LogP) is 4.72. The molecule has 1 aliphatic rings. The number of rotatable bonds is 5. The summed E-state index contributed by atoms with van der Waals surface area (Å²) in [5.74, 6) is -2.16. The van der Waals surface area contributed by atoms with Gasteiger partial charge in [-0.1, -0.05) is 32.0 Å². The molecule has 1 atom stereocenters. The van der Waals surface area contributed by atoms with Gasteiger partial charge in [-0.2, -0.15) is 18.2 Å². The number of nitrogens with zero attached hydrogens (tertiary/aromatic N) is 1. The van der Waals surface area contributed by atoms with Gasteiger partial charge in [0.1, 0.15) is 5.82 Å². The Morgan fingerprint density at radius 3 is 2.46 bits per heavy atom. The number of halogens is 3. The van der Waals surface area contributed by atoms with Crippen LogP contribution in [0.4, 0.5) is 36.3 Å². The monoisotopic (exact) mass is 485 g/mol. The highest BCUT2D eigenvalue weighted by Crippen LogP contribution is 2.32. The molecule has 11 heteroatoms. The van der Waals surface area contributed by atoms with E-state index in [0.717, 1.165) is 17.7 Å². The topological polar surface area (TPSA) is 116 Å². The maximum absolute atomic E-state index is 13.0. The van der Waals surface area contributed by atoms with Crippen molar-refractivity contribution in [3.05, 3.63) is 75.6 Å². The number of anilines is 4. The van der Waals surface area contributed by atoms with E-state index in [4.69, 9.17) is 0 Å². The molecule has 2 heterocycles. The third-order valence-corrected chi connectivity index (χ3v) is 5.57. The van der Waals surface area contributed by atoms with Crippen molar-refractivity contribution in [2.75, 3.05) is 16.0 Å². The van der Waals surface area contributed by atoms with E-state index in [-0.39, 0.29) is 29.4 Å². The van der Waals surface area contributed by atoms with E-state index in [0.29, 0.717) is 11.6 Å². The zero-order valence-electron chi connectivity index (χ0n) is 18.8. The van der Waals surface area contributed by atoms with Crippen LogP contribution in [0, 0.1) is 0 Å². The summed E-state index contributed by atoms with van der Waals surface area (Å²) >= 11 is 0. The molecule has 0 radical (unpaired) electrons. The molecule has 0 saturated carbocycles. The minimum absolute atomic E-state index is 0.0317. The predicted molar refractivity (Wildman–Crippen MR) is 125 cm³/mol. The fraction of sp³-hybridized carbons (Fsp3) is 0.250. The summed E-state index contributed by atoms with van der Waals surface area (Å²) < 4.78 is 38.9. The molecule has 0 fully saturated rings. The summed E-state index contributed by atoms with van der Waals surface area (Å²) in [4.78, 5) is 44.6. The van der Waals surface area contributed by atoms with Crippen molar-refractivity contribution in [3.63, 3.8) is 0 Å². The lowest BCUT2D eigenvalue weighted by Crippen LogP contribution is -2.36. The van der Waals surface area contributed by atoms with Gasteiger partial charge >= 0.3 is 6.18 Å². The maximum atomic E-state index is 13.0. The first-order valence-electron chi connectivity index (χ1n) is 10.8. The van der Waals surface area contributed by atoms with Crippen LogP contribution in [0.3, 0.4) is 0 Å². The largest absolute Gasteiger partial charge is 0.416 e. The quantitative estimate of drug-likeness (QED) is 0.417. The van der Waals surface area contributed by atoms with Crippen LogP contribution in [-0.4, -0.2) is 21.8 Å². The van der Waals surface area contributed by atoms with Crippen LogP contribution in [0.5, 0.6) is 0 Å². The normalized spacial score (nSPS) is 15.4. The van der Waals surface area contributed by atoms with E-state index in [9.17, 15) is 27.6 Å². The second-order valence-electron chi connectivity index (χ2n) is 8.45. The number of aromatic amines is 1. The maximum Gasteiger partial charge on any atom is 0.416 e. The molecule has 0 saturated heterocycles. The second-order valence-corrected chi connectivity index (χ2v) is 8.45. The van der Waals surface area contributed by atoms with E-state index in [2.05, 4.69) is 25.9 Å². The van der Waals surface area contributed by atoms with Gasteiger partial charge in [0, 0.05) is 17.8 Å². The Hall–Kier alpha value is -4.15. The summed E-state index contributed by atoms with van der Waals surface area (Å²) in [6, 6.07) is 11.6. The third-order valence-electron chi connectivity index (χ3n) is 5.57. The minimum Gasteiger partial charge on any atom is -0.326 e. The Labute approximate surface area is 198 Å². The molecule has 35 heavy (non-hydrogen) atoms. The number of hydrogen-bond donors (Lipinski definition) is 4. The first-order chi connectivity index (χ1) is 16.5. The lowest BCUT2D eigenvalue weighted by molar-refractivity contribution is -0.137. The van der Waals surface area contributed by atoms with Crippen LogP contribution < -0.4 is 21.5 Å². The molecule has 2 aromatic carbocycles.